The Morgan fingerprint density at radius 1 is 1.38 bits per heavy atom. The maximum absolute atomic E-state index is 12.2. The Bertz CT molecular complexity index is 808. The first-order valence-electron chi connectivity index (χ1n) is 7.44. The van der Waals surface area contributed by atoms with E-state index >= 15 is 0 Å². The molecule has 0 atom stereocenters. The van der Waals surface area contributed by atoms with Crippen LogP contribution in [-0.4, -0.2) is 36.4 Å². The Morgan fingerprint density at radius 3 is 2.88 bits per heavy atom. The Morgan fingerprint density at radius 2 is 2.17 bits per heavy atom. The fraction of sp³-hybridized carbons (Fsp3) is 0.235. The van der Waals surface area contributed by atoms with Crippen LogP contribution in [0.1, 0.15) is 19.4 Å². The molecule has 0 fully saturated rings. The number of nitrogens with one attached hydrogen (secondary N) is 1. The van der Waals surface area contributed by atoms with Crippen molar-refractivity contribution in [3.63, 3.8) is 0 Å². The number of carbonyl (C=O) groups is 1. The molecular weight excluding hydrogens is 310 g/mol. The smallest absolute Gasteiger partial charge is 0.282 e. The highest BCUT2D eigenvalue weighted by molar-refractivity contribution is 6.32. The first-order valence-corrected chi connectivity index (χ1v) is 7.44. The number of nitrogens with zero attached hydrogens (tertiary/aromatic N) is 2. The first kappa shape index (κ1) is 15.8. The molecular formula is C17H17N3O4. The molecule has 0 spiro atoms. The third-order valence-corrected chi connectivity index (χ3v) is 3.48. The molecule has 24 heavy (non-hydrogen) atoms. The van der Waals surface area contributed by atoms with Gasteiger partial charge >= 0.3 is 0 Å². The van der Waals surface area contributed by atoms with Gasteiger partial charge in [0.15, 0.2) is 23.2 Å². The van der Waals surface area contributed by atoms with Crippen molar-refractivity contribution in [2.24, 2.45) is 4.99 Å². The predicted octanol–water partition coefficient (Wildman–Crippen LogP) is 2.54. The maximum atomic E-state index is 12.2. The molecule has 7 nitrogen and oxygen atoms in total. The fourth-order valence-electron chi connectivity index (χ4n) is 2.42. The molecule has 1 aromatic carbocycles. The van der Waals surface area contributed by atoms with Crippen molar-refractivity contribution >= 4 is 23.7 Å². The number of ether oxygens (including phenoxy) is 2. The number of hydroxylamine groups is 2. The molecule has 0 saturated carbocycles. The summed E-state index contributed by atoms with van der Waals surface area (Å²) >= 11 is 0. The first-order chi connectivity index (χ1) is 11.5. The highest BCUT2D eigenvalue weighted by atomic mass is 16.7. The van der Waals surface area contributed by atoms with Crippen molar-refractivity contribution in [2.75, 3.05) is 13.7 Å². The summed E-state index contributed by atoms with van der Waals surface area (Å²) < 4.78 is 10.8. The summed E-state index contributed by atoms with van der Waals surface area (Å²) in [6.07, 6.45) is 3.20. The van der Waals surface area contributed by atoms with E-state index in [-0.39, 0.29) is 11.4 Å². The molecule has 0 aliphatic carbocycles. The summed E-state index contributed by atoms with van der Waals surface area (Å²) in [4.78, 5) is 21.6. The lowest BCUT2D eigenvalue weighted by Gasteiger charge is -2.23. The largest absolute Gasteiger partial charge is 0.493 e. The van der Waals surface area contributed by atoms with Gasteiger partial charge in [-0.25, -0.2) is 0 Å². The van der Waals surface area contributed by atoms with E-state index in [1.807, 2.05) is 6.92 Å². The number of hydrogen-bond donors (Lipinski definition) is 1. The quantitative estimate of drug-likeness (QED) is 0.859. The minimum atomic E-state index is -0.477. The van der Waals surface area contributed by atoms with Crippen molar-refractivity contribution in [3.8, 4) is 11.5 Å². The molecule has 0 unspecified atom stereocenters. The van der Waals surface area contributed by atoms with Gasteiger partial charge in [-0.05, 0) is 37.6 Å². The van der Waals surface area contributed by atoms with Crippen LogP contribution < -0.4 is 9.47 Å². The van der Waals surface area contributed by atoms with Gasteiger partial charge in [0, 0.05) is 6.08 Å². The number of benzene rings is 1. The molecule has 2 aliphatic rings. The molecule has 1 aromatic rings. The van der Waals surface area contributed by atoms with E-state index < -0.39 is 5.91 Å². The van der Waals surface area contributed by atoms with Crippen LogP contribution >= 0.6 is 0 Å². The van der Waals surface area contributed by atoms with E-state index in [0.29, 0.717) is 35.3 Å². The van der Waals surface area contributed by atoms with Crippen LogP contribution in [0.3, 0.4) is 0 Å². The minimum Gasteiger partial charge on any atom is -0.493 e. The minimum absolute atomic E-state index is 0.0492. The lowest BCUT2D eigenvalue weighted by Crippen LogP contribution is -2.38. The molecule has 2 aliphatic heterocycles. The van der Waals surface area contributed by atoms with Gasteiger partial charge in [-0.1, -0.05) is 6.07 Å². The fourth-order valence-corrected chi connectivity index (χ4v) is 2.42. The van der Waals surface area contributed by atoms with Crippen LogP contribution in [0, 0.1) is 5.41 Å². The van der Waals surface area contributed by atoms with E-state index in [4.69, 9.17) is 19.7 Å². The van der Waals surface area contributed by atoms with E-state index in [9.17, 15) is 4.79 Å². The van der Waals surface area contributed by atoms with Crippen LogP contribution in [0.5, 0.6) is 11.5 Å². The van der Waals surface area contributed by atoms with Gasteiger partial charge in [0.2, 0.25) is 0 Å². The maximum Gasteiger partial charge on any atom is 0.282 e. The molecule has 0 saturated heterocycles. The number of carbonyl (C=O) groups excluding carboxylic acids is 1. The van der Waals surface area contributed by atoms with E-state index in [1.54, 1.807) is 44.4 Å². The Labute approximate surface area is 139 Å². The second-order valence-electron chi connectivity index (χ2n) is 5.17. The second kappa shape index (κ2) is 6.19. The third-order valence-electron chi connectivity index (χ3n) is 3.48. The van der Waals surface area contributed by atoms with Gasteiger partial charge in [-0.2, -0.15) is 4.99 Å². The zero-order chi connectivity index (χ0) is 17.3. The van der Waals surface area contributed by atoms with Crippen LogP contribution in [0.4, 0.5) is 0 Å². The standard InChI is InChI=1S/C17H17N3O4/c1-4-23-14-9-11(5-6-13(14)22-3)8-12-16(18)20-15(19-17(12)21)7-10(2)24-20/h5-9,18H,4H2,1-3H3/b12-8+,18-16?. The monoisotopic (exact) mass is 327 g/mol. The second-order valence-corrected chi connectivity index (χ2v) is 5.17. The van der Waals surface area contributed by atoms with Crippen LogP contribution in [0.2, 0.25) is 0 Å². The Kier molecular flexibility index (Phi) is 4.07. The predicted molar refractivity (Wildman–Crippen MR) is 89.0 cm³/mol. The molecule has 0 bridgehead atoms. The zero-order valence-corrected chi connectivity index (χ0v) is 13.6. The average molecular weight is 327 g/mol. The zero-order valence-electron chi connectivity index (χ0n) is 13.6. The number of rotatable bonds is 4. The molecule has 0 aromatic heterocycles. The summed E-state index contributed by atoms with van der Waals surface area (Å²) in [6, 6.07) is 5.28. The number of amides is 1. The molecule has 124 valence electrons. The van der Waals surface area contributed by atoms with Crippen molar-refractivity contribution in [2.45, 2.75) is 13.8 Å². The molecule has 1 N–H and O–H groups in total. The van der Waals surface area contributed by atoms with Gasteiger partial charge < -0.3 is 14.3 Å². The number of allylic oxidation sites excluding steroid dienone is 1. The van der Waals surface area contributed by atoms with Crippen LogP contribution in [0.15, 0.2) is 40.6 Å². The number of hydrogen-bond acceptors (Lipinski definition) is 5. The summed E-state index contributed by atoms with van der Waals surface area (Å²) in [5.74, 6) is 1.55. The SMILES string of the molecule is CCOc1cc(/C=C2\C(=N)N3OC(C)=CC3=NC2=O)ccc1OC. The van der Waals surface area contributed by atoms with Crippen LogP contribution in [-0.2, 0) is 9.63 Å². The van der Waals surface area contributed by atoms with Crippen molar-refractivity contribution in [1.82, 2.24) is 5.06 Å². The van der Waals surface area contributed by atoms with Crippen molar-refractivity contribution in [3.05, 3.63) is 41.2 Å². The molecule has 7 heteroatoms. The lowest BCUT2D eigenvalue weighted by molar-refractivity contribution is -0.114. The van der Waals surface area contributed by atoms with Crippen LogP contribution in [0.25, 0.3) is 6.08 Å². The summed E-state index contributed by atoms with van der Waals surface area (Å²) in [6.45, 7) is 4.10. The molecule has 3 rings (SSSR count). The van der Waals surface area contributed by atoms with Crippen molar-refractivity contribution in [1.29, 1.82) is 5.41 Å². The summed E-state index contributed by atoms with van der Waals surface area (Å²) in [5, 5.41) is 9.43. The Balaban J connectivity index is 1.96. The topological polar surface area (TPSA) is 84.2 Å². The molecule has 2 heterocycles. The van der Waals surface area contributed by atoms with Gasteiger partial charge in [-0.3, -0.25) is 10.2 Å². The van der Waals surface area contributed by atoms with Gasteiger partial charge in [0.05, 0.1) is 19.3 Å². The van der Waals surface area contributed by atoms with Crippen molar-refractivity contribution < 1.29 is 19.1 Å². The van der Waals surface area contributed by atoms with Gasteiger partial charge in [0.1, 0.15) is 5.76 Å². The highest BCUT2D eigenvalue weighted by Crippen LogP contribution is 2.30. The number of fused-ring (bicyclic) bond motifs is 1. The number of methoxy groups -OCH3 is 1. The van der Waals surface area contributed by atoms with E-state index in [2.05, 4.69) is 4.99 Å². The number of aliphatic imine (C=N–C) groups is 1. The van der Waals surface area contributed by atoms with Gasteiger partial charge in [0.25, 0.3) is 5.91 Å². The van der Waals surface area contributed by atoms with E-state index in [0.717, 1.165) is 0 Å². The van der Waals surface area contributed by atoms with E-state index in [1.165, 1.54) is 5.06 Å². The summed E-state index contributed by atoms with van der Waals surface area (Å²) in [7, 11) is 1.56. The molecule has 1 amide bonds. The lowest BCUT2D eigenvalue weighted by atomic mass is 10.1. The molecule has 0 radical (unpaired) electrons. The normalized spacial score (nSPS) is 18.1. The third kappa shape index (κ3) is 2.76. The summed E-state index contributed by atoms with van der Waals surface area (Å²) in [5.41, 5.74) is 0.851. The highest BCUT2D eigenvalue weighted by Gasteiger charge is 2.34. The Hall–Kier alpha value is -3.09. The average Bonchev–Trinajstić information content (AvgIpc) is 2.92. The number of amidine groups is 2. The van der Waals surface area contributed by atoms with Gasteiger partial charge in [-0.15, -0.1) is 5.06 Å².